The second kappa shape index (κ2) is 4.99. The largest absolute Gasteiger partial charge is 0.494 e. The van der Waals surface area contributed by atoms with E-state index in [9.17, 15) is 0 Å². The molecule has 0 aromatic carbocycles. The molecule has 0 amide bonds. The molecule has 0 N–H and O–H groups in total. The van der Waals surface area contributed by atoms with Crippen molar-refractivity contribution >= 4 is 0 Å². The average Bonchev–Trinajstić information content (AvgIpc) is 2.59. The smallest absolute Gasteiger partial charge is 0.114 e. The molecule has 68 valence electrons. The van der Waals surface area contributed by atoms with E-state index in [1.807, 2.05) is 13.0 Å². The summed E-state index contributed by atoms with van der Waals surface area (Å²) in [5, 5.41) is 0. The fourth-order valence-electron chi connectivity index (χ4n) is 1.19. The molecule has 0 spiro atoms. The zero-order chi connectivity index (χ0) is 8.81. The van der Waals surface area contributed by atoms with Crippen molar-refractivity contribution in [1.29, 1.82) is 0 Å². The Balaban J connectivity index is 2.19. The van der Waals surface area contributed by atoms with Crippen molar-refractivity contribution in [3.05, 3.63) is 24.5 Å². The van der Waals surface area contributed by atoms with Gasteiger partial charge in [0.1, 0.15) is 5.76 Å². The molecule has 0 aromatic rings. The molecule has 1 aliphatic heterocycles. The lowest BCUT2D eigenvalue weighted by atomic mass is 10.1. The van der Waals surface area contributed by atoms with E-state index in [1.54, 1.807) is 6.08 Å². The fourth-order valence-corrected chi connectivity index (χ4v) is 1.19. The van der Waals surface area contributed by atoms with Crippen molar-refractivity contribution in [2.24, 2.45) is 5.92 Å². The van der Waals surface area contributed by atoms with E-state index in [-0.39, 0.29) is 0 Å². The van der Waals surface area contributed by atoms with Gasteiger partial charge in [-0.15, -0.1) is 0 Å². The Labute approximate surface area is 73.9 Å². The number of hydrogen-bond acceptors (Lipinski definition) is 2. The Morgan fingerprint density at radius 2 is 2.58 bits per heavy atom. The molecular formula is C10H16O2. The maximum atomic E-state index is 5.49. The highest BCUT2D eigenvalue weighted by molar-refractivity contribution is 5.06. The number of rotatable bonds is 4. The molecule has 0 bridgehead atoms. The maximum absolute atomic E-state index is 5.49. The highest BCUT2D eigenvalue weighted by Crippen LogP contribution is 2.14. The van der Waals surface area contributed by atoms with Crippen LogP contribution >= 0.6 is 0 Å². The van der Waals surface area contributed by atoms with E-state index in [1.165, 1.54) is 0 Å². The Hall–Kier alpha value is -0.760. The van der Waals surface area contributed by atoms with Gasteiger partial charge in [-0.1, -0.05) is 6.58 Å². The van der Waals surface area contributed by atoms with Gasteiger partial charge in [-0.05, 0) is 25.5 Å². The molecule has 0 aliphatic carbocycles. The first-order valence-corrected chi connectivity index (χ1v) is 4.36. The Morgan fingerprint density at radius 3 is 3.08 bits per heavy atom. The molecule has 1 atom stereocenters. The second-order valence-electron chi connectivity index (χ2n) is 2.94. The van der Waals surface area contributed by atoms with Gasteiger partial charge in [0.15, 0.2) is 0 Å². The Morgan fingerprint density at radius 1 is 1.75 bits per heavy atom. The van der Waals surface area contributed by atoms with Crippen LogP contribution < -0.4 is 0 Å². The average molecular weight is 168 g/mol. The van der Waals surface area contributed by atoms with Crippen LogP contribution in [0.2, 0.25) is 0 Å². The van der Waals surface area contributed by atoms with Crippen LogP contribution in [0.5, 0.6) is 0 Å². The van der Waals surface area contributed by atoms with Crippen molar-refractivity contribution in [1.82, 2.24) is 0 Å². The van der Waals surface area contributed by atoms with Crippen LogP contribution in [0.3, 0.4) is 0 Å². The molecule has 0 aromatic heterocycles. The lowest BCUT2D eigenvalue weighted by molar-refractivity contribution is 0.141. The van der Waals surface area contributed by atoms with Crippen LogP contribution in [0.25, 0.3) is 0 Å². The predicted molar refractivity (Wildman–Crippen MR) is 48.8 cm³/mol. The predicted octanol–water partition coefficient (Wildman–Crippen LogP) is 2.13. The summed E-state index contributed by atoms with van der Waals surface area (Å²) >= 11 is 0. The summed E-state index contributed by atoms with van der Waals surface area (Å²) in [5.74, 6) is 1.43. The van der Waals surface area contributed by atoms with E-state index in [0.717, 1.165) is 32.0 Å². The van der Waals surface area contributed by atoms with Gasteiger partial charge in [0, 0.05) is 12.5 Å². The van der Waals surface area contributed by atoms with Gasteiger partial charge < -0.3 is 9.47 Å². The third-order valence-corrected chi connectivity index (χ3v) is 2.00. The molecule has 2 nitrogen and oxygen atoms in total. The summed E-state index contributed by atoms with van der Waals surface area (Å²) in [6.07, 6.45) is 4.77. The molecule has 1 fully saturated rings. The number of allylic oxidation sites excluding steroid dienone is 2. The summed E-state index contributed by atoms with van der Waals surface area (Å²) in [6.45, 7) is 8.08. The van der Waals surface area contributed by atoms with Crippen molar-refractivity contribution in [3.63, 3.8) is 0 Å². The molecule has 1 saturated heterocycles. The van der Waals surface area contributed by atoms with Crippen molar-refractivity contribution < 1.29 is 9.47 Å². The van der Waals surface area contributed by atoms with E-state index in [4.69, 9.17) is 9.47 Å². The highest BCUT2D eigenvalue weighted by atomic mass is 16.5. The quantitative estimate of drug-likeness (QED) is 0.473. The van der Waals surface area contributed by atoms with Gasteiger partial charge >= 0.3 is 0 Å². The minimum absolute atomic E-state index is 0.569. The van der Waals surface area contributed by atoms with Gasteiger partial charge in [0.25, 0.3) is 0 Å². The number of ether oxygens (including phenoxy) is 2. The number of hydrogen-bond donors (Lipinski definition) is 0. The van der Waals surface area contributed by atoms with Gasteiger partial charge in [-0.2, -0.15) is 0 Å². The fraction of sp³-hybridized carbons (Fsp3) is 0.600. The van der Waals surface area contributed by atoms with Crippen LogP contribution in [0.4, 0.5) is 0 Å². The summed E-state index contributed by atoms with van der Waals surface area (Å²) in [5.41, 5.74) is 0. The summed E-state index contributed by atoms with van der Waals surface area (Å²) < 4.78 is 10.7. The molecule has 0 saturated carbocycles. The first-order chi connectivity index (χ1) is 5.86. The first-order valence-electron chi connectivity index (χ1n) is 4.36. The molecular weight excluding hydrogens is 152 g/mol. The van der Waals surface area contributed by atoms with Crippen LogP contribution in [0.15, 0.2) is 24.5 Å². The summed E-state index contributed by atoms with van der Waals surface area (Å²) in [6, 6.07) is 0. The minimum atomic E-state index is 0.569. The summed E-state index contributed by atoms with van der Waals surface area (Å²) in [4.78, 5) is 0. The molecule has 1 rings (SSSR count). The maximum Gasteiger partial charge on any atom is 0.114 e. The normalized spacial score (nSPS) is 24.1. The Bertz CT molecular complexity index is 167. The third-order valence-electron chi connectivity index (χ3n) is 2.00. The van der Waals surface area contributed by atoms with E-state index < -0.39 is 0 Å². The zero-order valence-corrected chi connectivity index (χ0v) is 7.58. The molecule has 1 heterocycles. The van der Waals surface area contributed by atoms with Gasteiger partial charge in [-0.25, -0.2) is 0 Å². The topological polar surface area (TPSA) is 18.5 Å². The molecule has 12 heavy (non-hydrogen) atoms. The standard InChI is InChI=1S/C10H16O2/c1-3-10(4-2)12-8-9-5-6-11-7-9/h3-4,9H,1,5-8H2,2H3/b10-4+/t9-/m1/s1. The van der Waals surface area contributed by atoms with Crippen LogP contribution in [-0.4, -0.2) is 19.8 Å². The third kappa shape index (κ3) is 2.70. The van der Waals surface area contributed by atoms with Gasteiger partial charge in [0.2, 0.25) is 0 Å². The van der Waals surface area contributed by atoms with Crippen LogP contribution in [0, 0.1) is 5.92 Å². The van der Waals surface area contributed by atoms with E-state index in [2.05, 4.69) is 6.58 Å². The minimum Gasteiger partial charge on any atom is -0.494 e. The van der Waals surface area contributed by atoms with E-state index in [0.29, 0.717) is 5.92 Å². The SMILES string of the molecule is C=C/C(=C\C)OC[C@@H]1CCOC1. The lowest BCUT2D eigenvalue weighted by Crippen LogP contribution is -2.08. The second-order valence-corrected chi connectivity index (χ2v) is 2.94. The van der Waals surface area contributed by atoms with Crippen LogP contribution in [-0.2, 0) is 9.47 Å². The van der Waals surface area contributed by atoms with Crippen LogP contribution in [0.1, 0.15) is 13.3 Å². The van der Waals surface area contributed by atoms with Gasteiger partial charge in [0.05, 0.1) is 13.2 Å². The van der Waals surface area contributed by atoms with Crippen molar-refractivity contribution in [2.45, 2.75) is 13.3 Å². The molecule has 0 unspecified atom stereocenters. The first kappa shape index (κ1) is 9.33. The molecule has 0 radical (unpaired) electrons. The summed E-state index contributed by atoms with van der Waals surface area (Å²) in [7, 11) is 0. The lowest BCUT2D eigenvalue weighted by Gasteiger charge is -2.09. The van der Waals surface area contributed by atoms with Crippen molar-refractivity contribution in [3.8, 4) is 0 Å². The Kier molecular flexibility index (Phi) is 3.88. The van der Waals surface area contributed by atoms with E-state index >= 15 is 0 Å². The zero-order valence-electron chi connectivity index (χ0n) is 7.58. The monoisotopic (exact) mass is 168 g/mol. The highest BCUT2D eigenvalue weighted by Gasteiger charge is 2.15. The van der Waals surface area contributed by atoms with Crippen molar-refractivity contribution in [2.75, 3.05) is 19.8 Å². The molecule has 2 heteroatoms. The molecule has 1 aliphatic rings. The van der Waals surface area contributed by atoms with Gasteiger partial charge in [-0.3, -0.25) is 0 Å².